The van der Waals surface area contributed by atoms with E-state index in [0.717, 1.165) is 37.4 Å². The van der Waals surface area contributed by atoms with Gasteiger partial charge in [-0.05, 0) is 30.3 Å². The average Bonchev–Trinajstić information content (AvgIpc) is 2.51. The molecule has 2 aromatic rings. The summed E-state index contributed by atoms with van der Waals surface area (Å²) < 4.78 is 26.6. The molecule has 110 valence electrons. The van der Waals surface area contributed by atoms with E-state index in [0.29, 0.717) is 6.54 Å². The first kappa shape index (κ1) is 14.0. The molecule has 0 aromatic heterocycles. The van der Waals surface area contributed by atoms with Crippen LogP contribution in [0, 0.1) is 11.6 Å². The first-order valence-electron chi connectivity index (χ1n) is 7.18. The summed E-state index contributed by atoms with van der Waals surface area (Å²) in [5, 5.41) is 0. The molecule has 0 aliphatic carbocycles. The Morgan fingerprint density at radius 1 is 0.810 bits per heavy atom. The summed E-state index contributed by atoms with van der Waals surface area (Å²) in [4.78, 5) is 4.48. The SMILES string of the molecule is Fc1ccc(N2CCN(Cc3ccccc3F)CC2)cc1. The van der Waals surface area contributed by atoms with Crippen molar-refractivity contribution in [1.29, 1.82) is 0 Å². The van der Waals surface area contributed by atoms with Crippen LogP contribution >= 0.6 is 0 Å². The number of piperazine rings is 1. The summed E-state index contributed by atoms with van der Waals surface area (Å²) in [5.41, 5.74) is 1.79. The Morgan fingerprint density at radius 2 is 1.48 bits per heavy atom. The Kier molecular flexibility index (Phi) is 4.15. The fourth-order valence-electron chi connectivity index (χ4n) is 2.68. The number of rotatable bonds is 3. The van der Waals surface area contributed by atoms with Crippen molar-refractivity contribution in [3.63, 3.8) is 0 Å². The van der Waals surface area contributed by atoms with Gasteiger partial charge in [0.05, 0.1) is 0 Å². The van der Waals surface area contributed by atoms with Crippen LogP contribution in [0.5, 0.6) is 0 Å². The van der Waals surface area contributed by atoms with Crippen LogP contribution in [-0.2, 0) is 6.54 Å². The molecule has 1 aliphatic heterocycles. The number of benzene rings is 2. The van der Waals surface area contributed by atoms with Crippen LogP contribution < -0.4 is 4.90 Å². The van der Waals surface area contributed by atoms with Gasteiger partial charge >= 0.3 is 0 Å². The van der Waals surface area contributed by atoms with Gasteiger partial charge in [0.1, 0.15) is 11.6 Å². The van der Waals surface area contributed by atoms with Crippen molar-refractivity contribution in [2.45, 2.75) is 6.54 Å². The van der Waals surface area contributed by atoms with Gasteiger partial charge < -0.3 is 4.90 Å². The zero-order valence-corrected chi connectivity index (χ0v) is 11.8. The van der Waals surface area contributed by atoms with E-state index in [9.17, 15) is 8.78 Å². The summed E-state index contributed by atoms with van der Waals surface area (Å²) >= 11 is 0. The number of halogens is 2. The highest BCUT2D eigenvalue weighted by molar-refractivity contribution is 5.46. The van der Waals surface area contributed by atoms with E-state index in [-0.39, 0.29) is 11.6 Å². The molecule has 21 heavy (non-hydrogen) atoms. The van der Waals surface area contributed by atoms with Crippen LogP contribution in [0.4, 0.5) is 14.5 Å². The molecule has 0 unspecified atom stereocenters. The highest BCUT2D eigenvalue weighted by atomic mass is 19.1. The second-order valence-electron chi connectivity index (χ2n) is 5.33. The van der Waals surface area contributed by atoms with Gasteiger partial charge in [-0.1, -0.05) is 18.2 Å². The van der Waals surface area contributed by atoms with Gasteiger partial charge in [-0.25, -0.2) is 8.78 Å². The molecule has 3 rings (SSSR count). The zero-order chi connectivity index (χ0) is 14.7. The highest BCUT2D eigenvalue weighted by Gasteiger charge is 2.18. The molecule has 2 nitrogen and oxygen atoms in total. The summed E-state index contributed by atoms with van der Waals surface area (Å²) in [6.45, 7) is 4.15. The van der Waals surface area contributed by atoms with Gasteiger partial charge in [0.15, 0.2) is 0 Å². The fraction of sp³-hybridized carbons (Fsp3) is 0.294. The van der Waals surface area contributed by atoms with Crippen molar-refractivity contribution < 1.29 is 8.78 Å². The quantitative estimate of drug-likeness (QED) is 0.855. The summed E-state index contributed by atoms with van der Waals surface area (Å²) in [7, 11) is 0. The normalized spacial score (nSPS) is 16.2. The van der Waals surface area contributed by atoms with Crippen molar-refractivity contribution in [2.75, 3.05) is 31.1 Å². The van der Waals surface area contributed by atoms with Crippen LogP contribution in [0.15, 0.2) is 48.5 Å². The van der Waals surface area contributed by atoms with Gasteiger partial charge in [0.2, 0.25) is 0 Å². The van der Waals surface area contributed by atoms with E-state index >= 15 is 0 Å². The molecule has 1 saturated heterocycles. The van der Waals surface area contributed by atoms with Gasteiger partial charge in [-0.3, -0.25) is 4.90 Å². The minimum Gasteiger partial charge on any atom is -0.369 e. The van der Waals surface area contributed by atoms with Crippen LogP contribution in [-0.4, -0.2) is 31.1 Å². The van der Waals surface area contributed by atoms with Crippen molar-refractivity contribution in [3.05, 3.63) is 65.7 Å². The molecule has 0 radical (unpaired) electrons. The Labute approximate surface area is 123 Å². The van der Waals surface area contributed by atoms with Crippen LogP contribution in [0.1, 0.15) is 5.56 Å². The molecule has 0 amide bonds. The van der Waals surface area contributed by atoms with E-state index in [4.69, 9.17) is 0 Å². The van der Waals surface area contributed by atoms with E-state index in [1.165, 1.54) is 18.2 Å². The highest BCUT2D eigenvalue weighted by Crippen LogP contribution is 2.18. The van der Waals surface area contributed by atoms with Crippen molar-refractivity contribution in [3.8, 4) is 0 Å². The molecule has 1 aliphatic rings. The fourth-order valence-corrected chi connectivity index (χ4v) is 2.68. The molecule has 0 spiro atoms. The third-order valence-corrected chi connectivity index (χ3v) is 3.92. The Morgan fingerprint density at radius 3 is 2.14 bits per heavy atom. The van der Waals surface area contributed by atoms with Gasteiger partial charge in [0, 0.05) is 44.0 Å². The van der Waals surface area contributed by atoms with Gasteiger partial charge in [-0.2, -0.15) is 0 Å². The predicted molar refractivity (Wildman–Crippen MR) is 80.3 cm³/mol. The zero-order valence-electron chi connectivity index (χ0n) is 11.8. The topological polar surface area (TPSA) is 6.48 Å². The Hall–Kier alpha value is -1.94. The molecule has 1 heterocycles. The molecular formula is C17H18F2N2. The lowest BCUT2D eigenvalue weighted by molar-refractivity contribution is 0.246. The lowest BCUT2D eigenvalue weighted by Gasteiger charge is -2.36. The van der Waals surface area contributed by atoms with Gasteiger partial charge in [0.25, 0.3) is 0 Å². The lowest BCUT2D eigenvalue weighted by Crippen LogP contribution is -2.46. The molecule has 0 atom stereocenters. The molecular weight excluding hydrogens is 270 g/mol. The van der Waals surface area contributed by atoms with E-state index in [2.05, 4.69) is 9.80 Å². The molecule has 0 bridgehead atoms. The summed E-state index contributed by atoms with van der Waals surface area (Å²) in [6, 6.07) is 13.5. The van der Waals surface area contributed by atoms with Crippen LogP contribution in [0.3, 0.4) is 0 Å². The largest absolute Gasteiger partial charge is 0.369 e. The first-order chi connectivity index (χ1) is 10.2. The van der Waals surface area contributed by atoms with Crippen molar-refractivity contribution >= 4 is 5.69 Å². The van der Waals surface area contributed by atoms with Crippen molar-refractivity contribution in [1.82, 2.24) is 4.90 Å². The molecule has 0 N–H and O–H groups in total. The number of hydrogen-bond acceptors (Lipinski definition) is 2. The summed E-state index contributed by atoms with van der Waals surface area (Å²) in [5.74, 6) is -0.351. The van der Waals surface area contributed by atoms with Gasteiger partial charge in [-0.15, -0.1) is 0 Å². The smallest absolute Gasteiger partial charge is 0.127 e. The Balaban J connectivity index is 1.58. The third kappa shape index (κ3) is 3.39. The third-order valence-electron chi connectivity index (χ3n) is 3.92. The number of hydrogen-bond donors (Lipinski definition) is 0. The monoisotopic (exact) mass is 288 g/mol. The summed E-state index contributed by atoms with van der Waals surface area (Å²) in [6.07, 6.45) is 0. The molecule has 1 fully saturated rings. The Bertz CT molecular complexity index is 590. The number of anilines is 1. The first-order valence-corrected chi connectivity index (χ1v) is 7.18. The second kappa shape index (κ2) is 6.22. The predicted octanol–water partition coefficient (Wildman–Crippen LogP) is 3.29. The second-order valence-corrected chi connectivity index (χ2v) is 5.33. The minimum atomic E-state index is -0.211. The molecule has 0 saturated carbocycles. The van der Waals surface area contributed by atoms with E-state index in [1.54, 1.807) is 6.07 Å². The van der Waals surface area contributed by atoms with E-state index < -0.39 is 0 Å². The maximum atomic E-state index is 13.7. The lowest BCUT2D eigenvalue weighted by atomic mass is 10.1. The molecule has 4 heteroatoms. The van der Waals surface area contributed by atoms with E-state index in [1.807, 2.05) is 24.3 Å². The maximum absolute atomic E-state index is 13.7. The van der Waals surface area contributed by atoms with Crippen molar-refractivity contribution in [2.24, 2.45) is 0 Å². The van der Waals surface area contributed by atoms with Crippen LogP contribution in [0.25, 0.3) is 0 Å². The number of nitrogens with zero attached hydrogens (tertiary/aromatic N) is 2. The standard InChI is InChI=1S/C17H18F2N2/c18-15-5-7-16(8-6-15)21-11-9-20(10-12-21)13-14-3-1-2-4-17(14)19/h1-8H,9-13H2. The van der Waals surface area contributed by atoms with Crippen LogP contribution in [0.2, 0.25) is 0 Å². The molecule has 2 aromatic carbocycles. The maximum Gasteiger partial charge on any atom is 0.127 e. The average molecular weight is 288 g/mol. The minimum absolute atomic E-state index is 0.140.